The molecule has 2 heterocycles. The third kappa shape index (κ3) is 2.78. The zero-order valence-corrected chi connectivity index (χ0v) is 10.7. The van der Waals surface area contributed by atoms with E-state index < -0.39 is 0 Å². The number of benzene rings is 1. The van der Waals surface area contributed by atoms with Crippen molar-refractivity contribution in [3.05, 3.63) is 48.8 Å². The van der Waals surface area contributed by atoms with Gasteiger partial charge in [-0.15, -0.1) is 0 Å². The van der Waals surface area contributed by atoms with Crippen molar-refractivity contribution in [2.45, 2.75) is 12.5 Å². The number of hydrogen-bond acceptors (Lipinski definition) is 4. The molecule has 1 fully saturated rings. The van der Waals surface area contributed by atoms with Gasteiger partial charge in [0.05, 0.1) is 6.54 Å². The van der Waals surface area contributed by atoms with E-state index >= 15 is 0 Å². The molecule has 19 heavy (non-hydrogen) atoms. The second kappa shape index (κ2) is 5.18. The molecule has 3 rings (SSSR count). The van der Waals surface area contributed by atoms with Gasteiger partial charge in [-0.05, 0) is 36.4 Å². The van der Waals surface area contributed by atoms with E-state index in [4.69, 9.17) is 10.5 Å². The van der Waals surface area contributed by atoms with Crippen molar-refractivity contribution in [3.8, 4) is 5.75 Å². The van der Waals surface area contributed by atoms with Crippen LogP contribution in [0.1, 0.15) is 6.42 Å². The number of aromatic nitrogens is 1. The third-order valence-electron chi connectivity index (χ3n) is 3.36. The number of ether oxygens (including phenoxy) is 1. The summed E-state index contributed by atoms with van der Waals surface area (Å²) in [6, 6.07) is 11.6. The predicted molar refractivity (Wildman–Crippen MR) is 76.3 cm³/mol. The fourth-order valence-electron chi connectivity index (χ4n) is 2.35. The number of rotatable bonds is 3. The lowest BCUT2D eigenvalue weighted by atomic mass is 10.3. The largest absolute Gasteiger partial charge is 0.489 e. The molecule has 4 heteroatoms. The highest BCUT2D eigenvalue weighted by Crippen LogP contribution is 2.23. The minimum Gasteiger partial charge on any atom is -0.489 e. The zero-order chi connectivity index (χ0) is 13.1. The second-order valence-electron chi connectivity index (χ2n) is 4.75. The van der Waals surface area contributed by atoms with Crippen LogP contribution in [0, 0.1) is 0 Å². The molecule has 98 valence electrons. The fraction of sp³-hybridized carbons (Fsp3) is 0.267. The van der Waals surface area contributed by atoms with Gasteiger partial charge in [0.2, 0.25) is 0 Å². The van der Waals surface area contributed by atoms with Crippen LogP contribution < -0.4 is 15.4 Å². The standard InChI is InChI=1S/C15H17N3O/c16-12-1-3-14(4-2-12)19-15-7-10-18(11-15)13-5-8-17-9-6-13/h1-6,8-9,15H,7,10-11,16H2. The molecule has 0 bridgehead atoms. The molecule has 0 spiro atoms. The summed E-state index contributed by atoms with van der Waals surface area (Å²) in [4.78, 5) is 6.37. The molecule has 2 N–H and O–H groups in total. The van der Waals surface area contributed by atoms with Gasteiger partial charge in [-0.1, -0.05) is 0 Å². The first kappa shape index (κ1) is 11.8. The van der Waals surface area contributed by atoms with Crippen LogP contribution in [-0.4, -0.2) is 24.2 Å². The molecule has 1 saturated heterocycles. The van der Waals surface area contributed by atoms with E-state index in [0.717, 1.165) is 30.9 Å². The molecule has 0 radical (unpaired) electrons. The van der Waals surface area contributed by atoms with Crippen LogP contribution in [0.15, 0.2) is 48.8 Å². The van der Waals surface area contributed by atoms with Gasteiger partial charge < -0.3 is 15.4 Å². The minimum atomic E-state index is 0.233. The number of hydrogen-bond donors (Lipinski definition) is 1. The van der Waals surface area contributed by atoms with Crippen LogP contribution >= 0.6 is 0 Å². The molecule has 1 atom stereocenters. The molecular formula is C15H17N3O. The van der Waals surface area contributed by atoms with Crippen LogP contribution in [0.2, 0.25) is 0 Å². The summed E-state index contributed by atoms with van der Waals surface area (Å²) in [5.74, 6) is 0.885. The molecule has 1 aliphatic heterocycles. The van der Waals surface area contributed by atoms with Gasteiger partial charge in [-0.3, -0.25) is 4.98 Å². The van der Waals surface area contributed by atoms with Gasteiger partial charge in [0.15, 0.2) is 0 Å². The Balaban J connectivity index is 1.62. The Morgan fingerprint density at radius 3 is 2.58 bits per heavy atom. The molecular weight excluding hydrogens is 238 g/mol. The van der Waals surface area contributed by atoms with Crippen LogP contribution in [0.3, 0.4) is 0 Å². The topological polar surface area (TPSA) is 51.4 Å². The van der Waals surface area contributed by atoms with Crippen molar-refractivity contribution in [3.63, 3.8) is 0 Å². The first-order valence-corrected chi connectivity index (χ1v) is 6.48. The van der Waals surface area contributed by atoms with Gasteiger partial charge >= 0.3 is 0 Å². The monoisotopic (exact) mass is 255 g/mol. The maximum Gasteiger partial charge on any atom is 0.119 e. The Hall–Kier alpha value is -2.23. The van der Waals surface area contributed by atoms with E-state index in [2.05, 4.69) is 9.88 Å². The van der Waals surface area contributed by atoms with E-state index in [-0.39, 0.29) is 6.10 Å². The first-order valence-electron chi connectivity index (χ1n) is 6.48. The minimum absolute atomic E-state index is 0.233. The number of anilines is 2. The quantitative estimate of drug-likeness (QED) is 0.855. The summed E-state index contributed by atoms with van der Waals surface area (Å²) in [5.41, 5.74) is 7.63. The summed E-state index contributed by atoms with van der Waals surface area (Å²) in [7, 11) is 0. The normalized spacial score (nSPS) is 18.5. The van der Waals surface area contributed by atoms with Crippen LogP contribution in [0.25, 0.3) is 0 Å². The Kier molecular flexibility index (Phi) is 3.23. The highest BCUT2D eigenvalue weighted by Gasteiger charge is 2.24. The maximum atomic E-state index is 5.97. The van der Waals surface area contributed by atoms with Gasteiger partial charge in [0.1, 0.15) is 11.9 Å². The summed E-state index contributed by atoms with van der Waals surface area (Å²) in [6.07, 6.45) is 4.91. The van der Waals surface area contributed by atoms with Gasteiger partial charge in [-0.2, -0.15) is 0 Å². The molecule has 0 amide bonds. The van der Waals surface area contributed by atoms with E-state index in [1.165, 1.54) is 5.69 Å². The molecule has 1 aliphatic rings. The maximum absolute atomic E-state index is 5.97. The van der Waals surface area contributed by atoms with Crippen LogP contribution in [0.5, 0.6) is 5.75 Å². The van der Waals surface area contributed by atoms with Crippen molar-refractivity contribution in [2.24, 2.45) is 0 Å². The van der Waals surface area contributed by atoms with E-state index in [1.54, 1.807) is 0 Å². The Labute approximate surface area is 112 Å². The number of pyridine rings is 1. The molecule has 1 unspecified atom stereocenters. The Morgan fingerprint density at radius 2 is 1.84 bits per heavy atom. The van der Waals surface area contributed by atoms with Gasteiger partial charge in [-0.25, -0.2) is 0 Å². The third-order valence-corrected chi connectivity index (χ3v) is 3.36. The van der Waals surface area contributed by atoms with E-state index in [9.17, 15) is 0 Å². The van der Waals surface area contributed by atoms with E-state index in [0.29, 0.717) is 0 Å². The predicted octanol–water partition coefficient (Wildman–Crippen LogP) is 2.32. The fourth-order valence-corrected chi connectivity index (χ4v) is 2.35. The van der Waals surface area contributed by atoms with Gasteiger partial charge in [0, 0.05) is 36.7 Å². The summed E-state index contributed by atoms with van der Waals surface area (Å²) < 4.78 is 5.97. The molecule has 0 saturated carbocycles. The van der Waals surface area contributed by atoms with Crippen molar-refractivity contribution in [1.29, 1.82) is 0 Å². The highest BCUT2D eigenvalue weighted by atomic mass is 16.5. The number of nitrogen functional groups attached to an aromatic ring is 1. The average Bonchev–Trinajstić information content (AvgIpc) is 2.91. The Morgan fingerprint density at radius 1 is 1.11 bits per heavy atom. The SMILES string of the molecule is Nc1ccc(OC2CCN(c3ccncc3)C2)cc1. The molecule has 1 aromatic heterocycles. The molecule has 0 aliphatic carbocycles. The summed E-state index contributed by atoms with van der Waals surface area (Å²) in [6.45, 7) is 1.93. The van der Waals surface area contributed by atoms with Crippen molar-refractivity contribution in [2.75, 3.05) is 23.7 Å². The second-order valence-corrected chi connectivity index (χ2v) is 4.75. The lowest BCUT2D eigenvalue weighted by Gasteiger charge is -2.18. The smallest absolute Gasteiger partial charge is 0.119 e. The summed E-state index contributed by atoms with van der Waals surface area (Å²) >= 11 is 0. The number of nitrogens with zero attached hydrogens (tertiary/aromatic N) is 2. The lowest BCUT2D eigenvalue weighted by molar-refractivity contribution is 0.225. The lowest BCUT2D eigenvalue weighted by Crippen LogP contribution is -2.24. The van der Waals surface area contributed by atoms with Crippen molar-refractivity contribution >= 4 is 11.4 Å². The van der Waals surface area contributed by atoms with Crippen molar-refractivity contribution in [1.82, 2.24) is 4.98 Å². The number of nitrogens with two attached hydrogens (primary N) is 1. The van der Waals surface area contributed by atoms with Gasteiger partial charge in [0.25, 0.3) is 0 Å². The van der Waals surface area contributed by atoms with Crippen LogP contribution in [0.4, 0.5) is 11.4 Å². The molecule has 4 nitrogen and oxygen atoms in total. The average molecular weight is 255 g/mol. The molecule has 2 aromatic rings. The van der Waals surface area contributed by atoms with Crippen LogP contribution in [-0.2, 0) is 0 Å². The zero-order valence-electron chi connectivity index (χ0n) is 10.7. The van der Waals surface area contributed by atoms with Crippen molar-refractivity contribution < 1.29 is 4.74 Å². The van der Waals surface area contributed by atoms with E-state index in [1.807, 2.05) is 48.8 Å². The molecule has 1 aromatic carbocycles. The Bertz CT molecular complexity index is 527. The summed E-state index contributed by atoms with van der Waals surface area (Å²) in [5, 5.41) is 0. The first-order chi connectivity index (χ1) is 9.31. The highest BCUT2D eigenvalue weighted by molar-refractivity contribution is 5.46.